The predicted molar refractivity (Wildman–Crippen MR) is 57.9 cm³/mol. The molecule has 2 N–H and O–H groups in total. The average molecular weight is 195 g/mol. The summed E-state index contributed by atoms with van der Waals surface area (Å²) in [7, 11) is 0. The van der Waals surface area contributed by atoms with Crippen LogP contribution in [0.4, 0.5) is 0 Å². The molecule has 0 aliphatic heterocycles. The molecule has 2 atom stereocenters. The first-order chi connectivity index (χ1) is 6.18. The lowest BCUT2D eigenvalue weighted by Gasteiger charge is -2.17. The molecule has 1 saturated carbocycles. The van der Waals surface area contributed by atoms with Crippen LogP contribution in [0.1, 0.15) is 35.6 Å². The number of aryl methyl sites for hydroxylation is 1. The van der Waals surface area contributed by atoms with Crippen LogP contribution in [0.2, 0.25) is 0 Å². The third-order valence-corrected chi connectivity index (χ3v) is 4.12. The van der Waals surface area contributed by atoms with Crippen molar-refractivity contribution >= 4 is 11.3 Å². The summed E-state index contributed by atoms with van der Waals surface area (Å²) >= 11 is 1.84. The van der Waals surface area contributed by atoms with Gasteiger partial charge in [-0.3, -0.25) is 0 Å². The number of hydrogen-bond acceptors (Lipinski definition) is 2. The van der Waals surface area contributed by atoms with Gasteiger partial charge in [0.05, 0.1) is 0 Å². The van der Waals surface area contributed by atoms with Gasteiger partial charge in [-0.15, -0.1) is 11.3 Å². The number of hydrogen-bond donors (Lipinski definition) is 1. The van der Waals surface area contributed by atoms with Crippen molar-refractivity contribution < 1.29 is 0 Å². The fourth-order valence-electron chi connectivity index (χ4n) is 1.81. The van der Waals surface area contributed by atoms with Gasteiger partial charge in [-0.2, -0.15) is 0 Å². The normalized spacial score (nSPS) is 21.5. The Morgan fingerprint density at radius 3 is 2.62 bits per heavy atom. The molecule has 1 fully saturated rings. The highest BCUT2D eigenvalue weighted by Crippen LogP contribution is 2.42. The van der Waals surface area contributed by atoms with E-state index in [0.29, 0.717) is 5.92 Å². The van der Waals surface area contributed by atoms with Gasteiger partial charge in [-0.05, 0) is 43.7 Å². The highest BCUT2D eigenvalue weighted by molar-refractivity contribution is 7.12. The quantitative estimate of drug-likeness (QED) is 0.788. The van der Waals surface area contributed by atoms with Crippen LogP contribution in [0.3, 0.4) is 0 Å². The minimum atomic E-state index is 0.270. The lowest BCUT2D eigenvalue weighted by Crippen LogP contribution is -2.19. The molecule has 1 aliphatic rings. The van der Waals surface area contributed by atoms with Gasteiger partial charge in [0.25, 0.3) is 0 Å². The molecule has 0 aromatic carbocycles. The van der Waals surface area contributed by atoms with E-state index in [2.05, 4.69) is 26.0 Å². The molecule has 1 heterocycles. The number of rotatable bonds is 3. The Morgan fingerprint density at radius 2 is 2.15 bits per heavy atom. The zero-order valence-corrected chi connectivity index (χ0v) is 9.10. The fraction of sp³-hybridized carbons (Fsp3) is 0.636. The summed E-state index contributed by atoms with van der Waals surface area (Å²) in [6, 6.07) is 4.62. The summed E-state index contributed by atoms with van der Waals surface area (Å²) in [4.78, 5) is 2.73. The third kappa shape index (κ3) is 1.94. The van der Waals surface area contributed by atoms with Gasteiger partial charge in [-0.25, -0.2) is 0 Å². The molecule has 1 aromatic rings. The van der Waals surface area contributed by atoms with Crippen LogP contribution in [0.25, 0.3) is 0 Å². The molecule has 1 aliphatic carbocycles. The molecule has 1 nitrogen and oxygen atoms in total. The molecule has 0 radical (unpaired) electrons. The first-order valence-corrected chi connectivity index (χ1v) is 5.82. The van der Waals surface area contributed by atoms with E-state index in [1.807, 2.05) is 11.3 Å². The van der Waals surface area contributed by atoms with E-state index in [1.165, 1.54) is 22.6 Å². The van der Waals surface area contributed by atoms with Crippen molar-refractivity contribution in [2.45, 2.75) is 32.7 Å². The van der Waals surface area contributed by atoms with Crippen LogP contribution >= 0.6 is 11.3 Å². The van der Waals surface area contributed by atoms with Crippen LogP contribution in [-0.4, -0.2) is 0 Å². The summed E-state index contributed by atoms with van der Waals surface area (Å²) in [6.45, 7) is 4.43. The average Bonchev–Trinajstić information content (AvgIpc) is 2.87. The van der Waals surface area contributed by atoms with Crippen molar-refractivity contribution in [3.05, 3.63) is 21.9 Å². The van der Waals surface area contributed by atoms with Crippen LogP contribution in [0.15, 0.2) is 12.1 Å². The Labute approximate surface area is 84.0 Å². The van der Waals surface area contributed by atoms with Gasteiger partial charge in [-0.1, -0.05) is 6.92 Å². The smallest absolute Gasteiger partial charge is 0.0418 e. The lowest BCUT2D eigenvalue weighted by atomic mass is 9.96. The van der Waals surface area contributed by atoms with Crippen LogP contribution in [-0.2, 0) is 0 Å². The zero-order valence-electron chi connectivity index (χ0n) is 8.29. The van der Waals surface area contributed by atoms with Crippen LogP contribution in [0.5, 0.6) is 0 Å². The lowest BCUT2D eigenvalue weighted by molar-refractivity contribution is 0.422. The van der Waals surface area contributed by atoms with Gasteiger partial charge < -0.3 is 5.73 Å². The largest absolute Gasteiger partial charge is 0.323 e. The number of thiophene rings is 1. The van der Waals surface area contributed by atoms with E-state index in [-0.39, 0.29) is 6.04 Å². The second kappa shape index (κ2) is 3.43. The first kappa shape index (κ1) is 9.22. The van der Waals surface area contributed by atoms with Gasteiger partial charge in [0.15, 0.2) is 0 Å². The molecular formula is C11H17NS. The summed E-state index contributed by atoms with van der Waals surface area (Å²) in [5.74, 6) is 1.57. The van der Waals surface area contributed by atoms with E-state index in [4.69, 9.17) is 5.73 Å². The summed E-state index contributed by atoms with van der Waals surface area (Å²) in [5, 5.41) is 0. The number of nitrogens with two attached hydrogens (primary N) is 1. The summed E-state index contributed by atoms with van der Waals surface area (Å²) < 4.78 is 0. The maximum absolute atomic E-state index is 6.20. The van der Waals surface area contributed by atoms with Crippen molar-refractivity contribution in [3.8, 4) is 0 Å². The van der Waals surface area contributed by atoms with Gasteiger partial charge >= 0.3 is 0 Å². The summed E-state index contributed by atoms with van der Waals surface area (Å²) in [5.41, 5.74) is 6.20. The van der Waals surface area contributed by atoms with E-state index in [1.54, 1.807) is 0 Å². The van der Waals surface area contributed by atoms with Crippen LogP contribution < -0.4 is 5.73 Å². The van der Waals surface area contributed by atoms with Crippen molar-refractivity contribution in [1.29, 1.82) is 0 Å². The standard InChI is InChI=1S/C11H17NS/c1-7-3-6-10(13-7)11(12)8(2)9-4-5-9/h3,6,8-9,11H,4-5,12H2,1-2H3. The van der Waals surface area contributed by atoms with Crippen molar-refractivity contribution in [3.63, 3.8) is 0 Å². The minimum Gasteiger partial charge on any atom is -0.323 e. The molecule has 0 bridgehead atoms. The minimum absolute atomic E-state index is 0.270. The predicted octanol–water partition coefficient (Wildman–Crippen LogP) is 3.10. The highest BCUT2D eigenvalue weighted by atomic mass is 32.1. The molecule has 0 spiro atoms. The molecule has 2 heteroatoms. The molecule has 1 aromatic heterocycles. The van der Waals surface area contributed by atoms with E-state index in [0.717, 1.165) is 5.92 Å². The molecule has 72 valence electrons. The SMILES string of the molecule is Cc1ccc(C(N)C(C)C2CC2)s1. The Kier molecular flexibility index (Phi) is 2.43. The molecule has 0 saturated heterocycles. The van der Waals surface area contributed by atoms with Gasteiger partial charge in [0.2, 0.25) is 0 Å². The van der Waals surface area contributed by atoms with Gasteiger partial charge in [0.1, 0.15) is 0 Å². The van der Waals surface area contributed by atoms with E-state index < -0.39 is 0 Å². The van der Waals surface area contributed by atoms with E-state index >= 15 is 0 Å². The third-order valence-electron chi connectivity index (χ3n) is 3.02. The Hall–Kier alpha value is -0.340. The van der Waals surface area contributed by atoms with Gasteiger partial charge in [0, 0.05) is 15.8 Å². The monoisotopic (exact) mass is 195 g/mol. The van der Waals surface area contributed by atoms with Crippen molar-refractivity contribution in [2.75, 3.05) is 0 Å². The Bertz CT molecular complexity index is 288. The van der Waals surface area contributed by atoms with E-state index in [9.17, 15) is 0 Å². The highest BCUT2D eigenvalue weighted by Gasteiger charge is 2.32. The maximum atomic E-state index is 6.20. The maximum Gasteiger partial charge on any atom is 0.0418 e. The molecule has 0 amide bonds. The first-order valence-electron chi connectivity index (χ1n) is 5.00. The molecule has 2 unspecified atom stereocenters. The Morgan fingerprint density at radius 1 is 1.46 bits per heavy atom. The topological polar surface area (TPSA) is 26.0 Å². The molecular weight excluding hydrogens is 178 g/mol. The molecule has 13 heavy (non-hydrogen) atoms. The van der Waals surface area contributed by atoms with Crippen molar-refractivity contribution in [1.82, 2.24) is 0 Å². The second-order valence-electron chi connectivity index (χ2n) is 4.17. The van der Waals surface area contributed by atoms with Crippen molar-refractivity contribution in [2.24, 2.45) is 17.6 Å². The summed E-state index contributed by atoms with van der Waals surface area (Å²) in [6.07, 6.45) is 2.78. The zero-order chi connectivity index (χ0) is 9.42. The Balaban J connectivity index is 2.06. The fourth-order valence-corrected chi connectivity index (χ4v) is 2.80. The second-order valence-corrected chi connectivity index (χ2v) is 5.49. The van der Waals surface area contributed by atoms with Crippen LogP contribution in [0, 0.1) is 18.8 Å². The molecule has 2 rings (SSSR count).